The number of aliphatic hydroxyl groups excluding tert-OH is 1. The summed E-state index contributed by atoms with van der Waals surface area (Å²) in [5, 5.41) is 9.93. The molecule has 1 amide bonds. The Morgan fingerprint density at radius 2 is 1.92 bits per heavy atom. The van der Waals surface area contributed by atoms with Crippen LogP contribution in [0.2, 0.25) is 5.02 Å². The maximum Gasteiger partial charge on any atom is 0.256 e. The molecule has 1 atom stereocenters. The highest BCUT2D eigenvalue weighted by molar-refractivity contribution is 6.31. The van der Waals surface area contributed by atoms with Crippen LogP contribution in [0.3, 0.4) is 0 Å². The molecule has 1 N–H and O–H groups in total. The number of rotatable bonds is 4. The fourth-order valence-corrected chi connectivity index (χ4v) is 3.76. The van der Waals surface area contributed by atoms with Gasteiger partial charge in [-0.15, -0.1) is 0 Å². The highest BCUT2D eigenvalue weighted by Crippen LogP contribution is 2.34. The predicted octanol–water partition coefficient (Wildman–Crippen LogP) is 4.08. The summed E-state index contributed by atoms with van der Waals surface area (Å²) >= 11 is 5.78. The molecule has 3 rings (SSSR count). The third kappa shape index (κ3) is 3.89. The lowest BCUT2D eigenvalue weighted by atomic mass is 9.75. The zero-order valence-corrected chi connectivity index (χ0v) is 15.0. The van der Waals surface area contributed by atoms with Gasteiger partial charge in [0.25, 0.3) is 5.91 Å². The lowest BCUT2D eigenvalue weighted by Crippen LogP contribution is -2.49. The zero-order chi connectivity index (χ0) is 18.7. The van der Waals surface area contributed by atoms with Crippen molar-refractivity contribution in [2.45, 2.75) is 19.3 Å². The van der Waals surface area contributed by atoms with Crippen LogP contribution in [0.1, 0.15) is 28.8 Å². The third-order valence-electron chi connectivity index (χ3n) is 4.96. The minimum absolute atomic E-state index is 0.0620. The summed E-state index contributed by atoms with van der Waals surface area (Å²) in [5.41, 5.74) is 0.303. The molecule has 0 aromatic heterocycles. The summed E-state index contributed by atoms with van der Waals surface area (Å²) in [4.78, 5) is 14.3. The van der Waals surface area contributed by atoms with Gasteiger partial charge in [-0.1, -0.05) is 29.8 Å². The lowest BCUT2D eigenvalue weighted by Gasteiger charge is -2.42. The second-order valence-electron chi connectivity index (χ2n) is 6.89. The first-order valence-electron chi connectivity index (χ1n) is 8.53. The summed E-state index contributed by atoms with van der Waals surface area (Å²) in [7, 11) is 0. The molecule has 1 fully saturated rings. The largest absolute Gasteiger partial charge is 0.396 e. The summed E-state index contributed by atoms with van der Waals surface area (Å²) in [6, 6.07) is 10.5. The number of carbonyl (C=O) groups is 1. The number of piperidine rings is 1. The first-order chi connectivity index (χ1) is 12.4. The van der Waals surface area contributed by atoms with Gasteiger partial charge < -0.3 is 10.0 Å². The van der Waals surface area contributed by atoms with Crippen LogP contribution in [0.15, 0.2) is 42.5 Å². The second kappa shape index (κ2) is 7.72. The van der Waals surface area contributed by atoms with Crippen molar-refractivity contribution in [1.29, 1.82) is 0 Å². The molecule has 0 saturated carbocycles. The van der Waals surface area contributed by atoms with E-state index in [2.05, 4.69) is 0 Å². The molecule has 1 unspecified atom stereocenters. The van der Waals surface area contributed by atoms with E-state index < -0.39 is 17.1 Å². The Balaban J connectivity index is 1.81. The highest BCUT2D eigenvalue weighted by Gasteiger charge is 2.37. The van der Waals surface area contributed by atoms with Gasteiger partial charge in [0.05, 0.1) is 17.2 Å². The Kier molecular flexibility index (Phi) is 5.58. The van der Waals surface area contributed by atoms with Crippen LogP contribution in [-0.4, -0.2) is 35.6 Å². The van der Waals surface area contributed by atoms with Gasteiger partial charge in [-0.05, 0) is 49.1 Å². The minimum atomic E-state index is -0.724. The Hall–Kier alpha value is -1.98. The second-order valence-corrected chi connectivity index (χ2v) is 7.30. The molecule has 138 valence electrons. The van der Waals surface area contributed by atoms with Gasteiger partial charge in [0.15, 0.2) is 5.82 Å². The van der Waals surface area contributed by atoms with Crippen LogP contribution in [0.25, 0.3) is 0 Å². The highest BCUT2D eigenvalue weighted by atomic mass is 35.5. The number of nitrogens with zero attached hydrogens (tertiary/aromatic N) is 1. The Morgan fingerprint density at radius 1 is 1.19 bits per heavy atom. The minimum Gasteiger partial charge on any atom is -0.396 e. The third-order valence-corrected chi connectivity index (χ3v) is 5.25. The quantitative estimate of drug-likeness (QED) is 0.869. The normalized spacial score (nSPS) is 20.2. The fourth-order valence-electron chi connectivity index (χ4n) is 3.59. The molecule has 1 heterocycles. The van der Waals surface area contributed by atoms with Crippen molar-refractivity contribution >= 4 is 17.5 Å². The van der Waals surface area contributed by atoms with Gasteiger partial charge in [0, 0.05) is 18.5 Å². The van der Waals surface area contributed by atoms with Crippen molar-refractivity contribution in [2.75, 3.05) is 19.7 Å². The van der Waals surface area contributed by atoms with Crippen LogP contribution in [0.5, 0.6) is 0 Å². The van der Waals surface area contributed by atoms with Crippen molar-refractivity contribution in [2.24, 2.45) is 5.41 Å². The molecule has 0 radical (unpaired) electrons. The van der Waals surface area contributed by atoms with E-state index in [1.54, 1.807) is 23.1 Å². The predicted molar refractivity (Wildman–Crippen MR) is 96.2 cm³/mol. The summed E-state index contributed by atoms with van der Waals surface area (Å²) in [6.45, 7) is 0.702. The maximum atomic E-state index is 14.2. The van der Waals surface area contributed by atoms with E-state index in [0.29, 0.717) is 25.9 Å². The van der Waals surface area contributed by atoms with Gasteiger partial charge in [-0.2, -0.15) is 0 Å². The smallest absolute Gasteiger partial charge is 0.256 e. The number of hydrogen-bond donors (Lipinski definition) is 1. The fraction of sp³-hybridized carbons (Fsp3) is 0.350. The number of amides is 1. The molecule has 26 heavy (non-hydrogen) atoms. The summed E-state index contributed by atoms with van der Waals surface area (Å²) < 4.78 is 27.3. The summed E-state index contributed by atoms with van der Waals surface area (Å²) in [5.74, 6) is -1.47. The average molecular weight is 380 g/mol. The number of aliphatic hydroxyl groups is 1. The molecule has 2 aromatic rings. The molecule has 1 aliphatic heterocycles. The van der Waals surface area contributed by atoms with Gasteiger partial charge in [0.1, 0.15) is 5.82 Å². The molecule has 0 spiro atoms. The van der Waals surface area contributed by atoms with Gasteiger partial charge >= 0.3 is 0 Å². The maximum absolute atomic E-state index is 14.2. The number of benzene rings is 2. The van der Waals surface area contributed by atoms with E-state index in [1.165, 1.54) is 24.3 Å². The van der Waals surface area contributed by atoms with Crippen molar-refractivity contribution in [1.82, 2.24) is 4.90 Å². The average Bonchev–Trinajstić information content (AvgIpc) is 2.65. The van der Waals surface area contributed by atoms with Gasteiger partial charge in [0.2, 0.25) is 0 Å². The van der Waals surface area contributed by atoms with Crippen LogP contribution >= 0.6 is 11.6 Å². The van der Waals surface area contributed by atoms with Crippen LogP contribution < -0.4 is 0 Å². The van der Waals surface area contributed by atoms with E-state index in [1.807, 2.05) is 0 Å². The van der Waals surface area contributed by atoms with Crippen LogP contribution in [0.4, 0.5) is 8.78 Å². The lowest BCUT2D eigenvalue weighted by molar-refractivity contribution is 0.0269. The molecule has 0 bridgehead atoms. The molecule has 1 aliphatic rings. The standard InChI is InChI=1S/C20H20ClF2NO2/c21-17-4-1-3-16(18(17)23)19(26)24-10-2-9-20(12-24,13-25)11-14-5-7-15(22)8-6-14/h1,3-8,25H,2,9-13H2. The topological polar surface area (TPSA) is 40.5 Å². The van der Waals surface area contributed by atoms with E-state index in [0.717, 1.165) is 12.0 Å². The first-order valence-corrected chi connectivity index (χ1v) is 8.90. The zero-order valence-electron chi connectivity index (χ0n) is 14.2. The molecule has 3 nitrogen and oxygen atoms in total. The van der Waals surface area contributed by atoms with Crippen molar-refractivity contribution in [3.63, 3.8) is 0 Å². The molecule has 1 saturated heterocycles. The van der Waals surface area contributed by atoms with E-state index >= 15 is 0 Å². The summed E-state index contributed by atoms with van der Waals surface area (Å²) in [6.07, 6.45) is 1.96. The van der Waals surface area contributed by atoms with E-state index in [9.17, 15) is 18.7 Å². The van der Waals surface area contributed by atoms with Crippen molar-refractivity contribution < 1.29 is 18.7 Å². The van der Waals surface area contributed by atoms with Gasteiger partial charge in [-0.3, -0.25) is 4.79 Å². The van der Waals surface area contributed by atoms with Gasteiger partial charge in [-0.25, -0.2) is 8.78 Å². The number of hydrogen-bond acceptors (Lipinski definition) is 2. The molecule has 2 aromatic carbocycles. The molecular formula is C20H20ClF2NO2. The monoisotopic (exact) mass is 379 g/mol. The van der Waals surface area contributed by atoms with E-state index in [4.69, 9.17) is 11.6 Å². The Morgan fingerprint density at radius 3 is 2.62 bits per heavy atom. The Bertz CT molecular complexity index is 797. The SMILES string of the molecule is O=C(c1cccc(Cl)c1F)N1CCCC(CO)(Cc2ccc(F)cc2)C1. The Labute approximate surface area is 156 Å². The number of likely N-dealkylation sites (tertiary alicyclic amines) is 1. The van der Waals surface area contributed by atoms with Crippen molar-refractivity contribution in [3.05, 3.63) is 70.2 Å². The van der Waals surface area contributed by atoms with E-state index in [-0.39, 0.29) is 23.0 Å². The van der Waals surface area contributed by atoms with Crippen LogP contribution in [-0.2, 0) is 6.42 Å². The molecule has 0 aliphatic carbocycles. The number of carbonyl (C=O) groups excluding carboxylic acids is 1. The number of halogens is 3. The van der Waals surface area contributed by atoms with Crippen LogP contribution in [0, 0.1) is 17.0 Å². The molecular weight excluding hydrogens is 360 g/mol. The van der Waals surface area contributed by atoms with Crippen molar-refractivity contribution in [3.8, 4) is 0 Å². The first kappa shape index (κ1) is 18.8. The molecule has 6 heteroatoms.